The van der Waals surface area contributed by atoms with E-state index in [9.17, 15) is 22.8 Å². The zero-order valence-electron chi connectivity index (χ0n) is 18.4. The number of halogens is 3. The minimum atomic E-state index is -5.21. The number of nitrogens with zero attached hydrogens (tertiary/aromatic N) is 1. The summed E-state index contributed by atoms with van der Waals surface area (Å²) in [5, 5.41) is 0. The average Bonchev–Trinajstić information content (AvgIpc) is 3.14. The molecule has 33 heavy (non-hydrogen) atoms. The van der Waals surface area contributed by atoms with Gasteiger partial charge in [0.05, 0.1) is 18.1 Å². The number of carbonyl (C=O) groups is 2. The van der Waals surface area contributed by atoms with Gasteiger partial charge in [0.1, 0.15) is 0 Å². The van der Waals surface area contributed by atoms with Gasteiger partial charge in [0.25, 0.3) is 0 Å². The molecule has 2 aliphatic heterocycles. The number of alkyl halides is 3. The van der Waals surface area contributed by atoms with Gasteiger partial charge in [-0.15, -0.1) is 0 Å². The first-order valence-corrected chi connectivity index (χ1v) is 11.0. The Labute approximate surface area is 190 Å². The number of likely N-dealkylation sites (tertiary alicyclic amines) is 1. The molecule has 8 heteroatoms. The van der Waals surface area contributed by atoms with Crippen LogP contribution in [-0.4, -0.2) is 42.6 Å². The number of piperidine rings is 1. The van der Waals surface area contributed by atoms with Crippen LogP contribution in [0.5, 0.6) is 0 Å². The second kappa shape index (κ2) is 9.27. The molecule has 0 aliphatic carbocycles. The third-order valence-electron chi connectivity index (χ3n) is 6.64. The molecule has 0 N–H and O–H groups in total. The van der Waals surface area contributed by atoms with Crippen LogP contribution in [0, 0.1) is 12.8 Å². The molecular weight excluding hydrogens is 435 g/mol. The molecule has 0 amide bonds. The number of hydrogen-bond acceptors (Lipinski definition) is 5. The fourth-order valence-electron chi connectivity index (χ4n) is 4.77. The number of esters is 2. The van der Waals surface area contributed by atoms with Gasteiger partial charge in [-0.25, -0.2) is 4.79 Å². The Morgan fingerprint density at radius 2 is 1.76 bits per heavy atom. The van der Waals surface area contributed by atoms with E-state index in [1.165, 1.54) is 11.1 Å². The molecule has 1 spiro atoms. The first-order valence-electron chi connectivity index (χ1n) is 11.0. The summed E-state index contributed by atoms with van der Waals surface area (Å²) in [7, 11) is 0. The fraction of sp³-hybridized carbons (Fsp3) is 0.440. The molecule has 1 atom stereocenters. The van der Waals surface area contributed by atoms with E-state index in [2.05, 4.69) is 16.9 Å². The Balaban J connectivity index is 1.46. The summed E-state index contributed by atoms with van der Waals surface area (Å²) >= 11 is 0. The van der Waals surface area contributed by atoms with E-state index in [0.29, 0.717) is 19.7 Å². The van der Waals surface area contributed by atoms with Gasteiger partial charge in [0.2, 0.25) is 0 Å². The van der Waals surface area contributed by atoms with Crippen molar-refractivity contribution in [2.45, 2.75) is 44.6 Å². The highest BCUT2D eigenvalue weighted by Gasteiger charge is 2.45. The second-order valence-electron chi connectivity index (χ2n) is 8.77. The average molecular weight is 461 g/mol. The molecule has 0 aromatic heterocycles. The molecule has 2 aliphatic rings. The van der Waals surface area contributed by atoms with Crippen LogP contribution in [0.3, 0.4) is 0 Å². The summed E-state index contributed by atoms with van der Waals surface area (Å²) in [6.45, 7) is 3.89. The van der Waals surface area contributed by atoms with E-state index in [1.807, 2.05) is 48.2 Å². The van der Waals surface area contributed by atoms with Crippen molar-refractivity contribution in [3.05, 3.63) is 70.8 Å². The third-order valence-corrected chi connectivity index (χ3v) is 6.64. The zero-order chi connectivity index (χ0) is 23.6. The van der Waals surface area contributed by atoms with Gasteiger partial charge in [0, 0.05) is 19.6 Å². The van der Waals surface area contributed by atoms with Crippen molar-refractivity contribution >= 4 is 11.9 Å². The third kappa shape index (κ3) is 5.12. The molecule has 5 nitrogen and oxygen atoms in total. The smallest absolute Gasteiger partial charge is 0.386 e. The van der Waals surface area contributed by atoms with E-state index < -0.39 is 24.0 Å². The Morgan fingerprint density at radius 1 is 1.09 bits per heavy atom. The molecular formula is C25H26F3NO4. The number of carbonyl (C=O) groups excluding carboxylic acids is 2. The molecule has 1 unspecified atom stereocenters. The van der Waals surface area contributed by atoms with Crippen LogP contribution in [0.15, 0.2) is 48.5 Å². The normalized spacial score (nSPS) is 18.7. The van der Waals surface area contributed by atoms with Crippen molar-refractivity contribution in [3.63, 3.8) is 0 Å². The lowest BCUT2D eigenvalue weighted by atomic mass is 9.83. The van der Waals surface area contributed by atoms with E-state index in [0.717, 1.165) is 24.0 Å². The zero-order valence-corrected chi connectivity index (χ0v) is 18.4. The van der Waals surface area contributed by atoms with Crippen LogP contribution >= 0.6 is 0 Å². The lowest BCUT2D eigenvalue weighted by molar-refractivity contribution is -0.203. The fourth-order valence-corrected chi connectivity index (χ4v) is 4.77. The maximum atomic E-state index is 12.7. The highest BCUT2D eigenvalue weighted by molar-refractivity contribution is 5.89. The largest absolute Gasteiger partial charge is 0.491 e. The number of rotatable bonds is 5. The van der Waals surface area contributed by atoms with Gasteiger partial charge in [-0.2, -0.15) is 13.2 Å². The first kappa shape index (κ1) is 23.4. The minimum Gasteiger partial charge on any atom is -0.386 e. The molecule has 2 aromatic carbocycles. The predicted molar refractivity (Wildman–Crippen MR) is 114 cm³/mol. The van der Waals surface area contributed by atoms with Crippen LogP contribution in [0.1, 0.15) is 35.1 Å². The highest BCUT2D eigenvalue weighted by atomic mass is 19.4. The van der Waals surface area contributed by atoms with Gasteiger partial charge < -0.3 is 14.4 Å². The Bertz CT molecular complexity index is 1030. The van der Waals surface area contributed by atoms with Gasteiger partial charge in [0.15, 0.2) is 0 Å². The summed E-state index contributed by atoms with van der Waals surface area (Å²) in [5.41, 5.74) is 3.77. The van der Waals surface area contributed by atoms with E-state index in [1.54, 1.807) is 0 Å². The van der Waals surface area contributed by atoms with Crippen molar-refractivity contribution in [2.75, 3.05) is 19.6 Å². The minimum absolute atomic E-state index is 0.192. The Hall–Kier alpha value is -2.71. The van der Waals surface area contributed by atoms with E-state index in [-0.39, 0.29) is 18.6 Å². The van der Waals surface area contributed by atoms with Crippen LogP contribution in [0.2, 0.25) is 0 Å². The maximum Gasteiger partial charge on any atom is 0.491 e. The second-order valence-corrected chi connectivity index (χ2v) is 8.77. The van der Waals surface area contributed by atoms with Gasteiger partial charge in [-0.1, -0.05) is 48.5 Å². The molecule has 1 saturated heterocycles. The van der Waals surface area contributed by atoms with Gasteiger partial charge in [-0.3, -0.25) is 4.79 Å². The molecule has 0 radical (unpaired) electrons. The summed E-state index contributed by atoms with van der Waals surface area (Å²) in [6.07, 6.45) is -3.58. The predicted octanol–water partition coefficient (Wildman–Crippen LogP) is 4.31. The quantitative estimate of drug-likeness (QED) is 0.491. The highest BCUT2D eigenvalue weighted by Crippen LogP contribution is 2.44. The number of benzene rings is 2. The van der Waals surface area contributed by atoms with Crippen molar-refractivity contribution in [1.29, 1.82) is 0 Å². The van der Waals surface area contributed by atoms with Gasteiger partial charge >= 0.3 is 18.1 Å². The van der Waals surface area contributed by atoms with Gasteiger partial charge in [-0.05, 0) is 48.4 Å². The molecule has 1 fully saturated rings. The molecule has 0 saturated carbocycles. The number of aryl methyl sites for hydroxylation is 1. The van der Waals surface area contributed by atoms with Crippen LogP contribution in [0.25, 0.3) is 0 Å². The summed E-state index contributed by atoms with van der Waals surface area (Å²) in [6, 6.07) is 15.5. The molecule has 176 valence electrons. The maximum absolute atomic E-state index is 12.7. The topological polar surface area (TPSA) is 55.8 Å². The standard InChI is InChI=1S/C25H26F3NO4/c1-17-6-2-3-7-18(17)14-20(22(30)33-23(31)25(26,27)28)15-29-12-10-24(11-13-29)21-9-5-4-8-19(21)16-32-24/h2-9,20H,10-16H2,1H3. The number of ether oxygens (including phenoxy) is 2. The SMILES string of the molecule is Cc1ccccc1CC(CN1CCC2(CC1)OCc1ccccc12)C(=O)OC(=O)C(F)(F)F. The number of hydrogen-bond donors (Lipinski definition) is 0. The first-order chi connectivity index (χ1) is 15.7. The monoisotopic (exact) mass is 461 g/mol. The van der Waals surface area contributed by atoms with Crippen molar-refractivity contribution < 1.29 is 32.2 Å². The van der Waals surface area contributed by atoms with Crippen LogP contribution in [-0.2, 0) is 37.7 Å². The lowest BCUT2D eigenvalue weighted by Gasteiger charge is -2.40. The van der Waals surface area contributed by atoms with Crippen molar-refractivity contribution in [2.24, 2.45) is 5.92 Å². The Morgan fingerprint density at radius 3 is 2.45 bits per heavy atom. The van der Waals surface area contributed by atoms with Crippen LogP contribution in [0.4, 0.5) is 13.2 Å². The summed E-state index contributed by atoms with van der Waals surface area (Å²) < 4.78 is 48.4. The molecule has 4 rings (SSSR count). The lowest BCUT2D eigenvalue weighted by Crippen LogP contribution is -2.46. The summed E-state index contributed by atoms with van der Waals surface area (Å²) in [5.74, 6) is -4.53. The van der Waals surface area contributed by atoms with Crippen molar-refractivity contribution in [3.8, 4) is 0 Å². The number of fused-ring (bicyclic) bond motifs is 2. The van der Waals surface area contributed by atoms with Crippen LogP contribution < -0.4 is 0 Å². The van der Waals surface area contributed by atoms with E-state index in [4.69, 9.17) is 4.74 Å². The molecule has 0 bridgehead atoms. The van der Waals surface area contributed by atoms with E-state index >= 15 is 0 Å². The van der Waals surface area contributed by atoms with Crippen molar-refractivity contribution in [1.82, 2.24) is 4.90 Å². The Kier molecular flexibility index (Phi) is 6.59. The molecule has 2 aromatic rings. The summed E-state index contributed by atoms with van der Waals surface area (Å²) in [4.78, 5) is 25.9. The molecule has 2 heterocycles.